The Labute approximate surface area is 121 Å². The molecule has 0 radical (unpaired) electrons. The molecule has 1 aromatic heterocycles. The fraction of sp³-hybridized carbons (Fsp3) is 0. The van der Waals surface area contributed by atoms with E-state index < -0.39 is 11.9 Å². The first-order chi connectivity index (χ1) is 8.97. The minimum Gasteiger partial charge on any atom is -0.478 e. The van der Waals surface area contributed by atoms with Gasteiger partial charge in [-0.15, -0.1) is 0 Å². The molecule has 0 fully saturated rings. The van der Waals surface area contributed by atoms with Gasteiger partial charge in [-0.3, -0.25) is 4.79 Å². The minimum atomic E-state index is -1.09. The average Bonchev–Trinajstić information content (AvgIpc) is 2.78. The van der Waals surface area contributed by atoms with Crippen LogP contribution in [0.5, 0.6) is 0 Å². The molecule has 2 rings (SSSR count). The molecule has 0 saturated heterocycles. The number of hydrogen-bond donors (Lipinski definition) is 2. The van der Waals surface area contributed by atoms with E-state index in [1.54, 1.807) is 6.07 Å². The smallest absolute Gasteiger partial charge is 0.336 e. The van der Waals surface area contributed by atoms with Crippen molar-refractivity contribution in [1.29, 1.82) is 0 Å². The topological polar surface area (TPSA) is 79.5 Å². The Morgan fingerprint density at radius 3 is 2.58 bits per heavy atom. The van der Waals surface area contributed by atoms with Gasteiger partial charge in [0.2, 0.25) is 0 Å². The summed E-state index contributed by atoms with van der Waals surface area (Å²) < 4.78 is 5.38. The van der Waals surface area contributed by atoms with E-state index in [1.165, 1.54) is 24.3 Å². The van der Waals surface area contributed by atoms with Crippen molar-refractivity contribution in [2.24, 2.45) is 0 Å². The van der Waals surface area contributed by atoms with Crippen LogP contribution >= 0.6 is 27.5 Å². The van der Waals surface area contributed by atoms with Crippen molar-refractivity contribution in [3.8, 4) is 0 Å². The first-order valence-electron chi connectivity index (χ1n) is 5.07. The van der Waals surface area contributed by atoms with Gasteiger partial charge in [-0.2, -0.15) is 0 Å². The quantitative estimate of drug-likeness (QED) is 0.891. The number of nitrogens with one attached hydrogen (secondary N) is 1. The molecule has 0 aliphatic rings. The zero-order valence-electron chi connectivity index (χ0n) is 9.31. The van der Waals surface area contributed by atoms with Crippen molar-refractivity contribution >= 4 is 45.1 Å². The number of furan rings is 1. The van der Waals surface area contributed by atoms with Crippen LogP contribution in [0.1, 0.15) is 20.9 Å². The van der Waals surface area contributed by atoms with Gasteiger partial charge in [0.15, 0.2) is 11.0 Å². The number of benzene rings is 1. The minimum absolute atomic E-state index is 0.0461. The highest BCUT2D eigenvalue weighted by atomic mass is 79.9. The summed E-state index contributed by atoms with van der Waals surface area (Å²) in [5, 5.41) is 11.6. The van der Waals surface area contributed by atoms with E-state index in [0.29, 0.717) is 10.2 Å². The molecule has 7 heteroatoms. The normalized spacial score (nSPS) is 10.2. The molecule has 0 unspecified atom stereocenters. The molecule has 1 amide bonds. The molecule has 1 heterocycles. The zero-order chi connectivity index (χ0) is 14.0. The Kier molecular flexibility index (Phi) is 3.92. The molecule has 0 saturated carbocycles. The first kappa shape index (κ1) is 13.6. The summed E-state index contributed by atoms with van der Waals surface area (Å²) in [5.41, 5.74) is 0.397. The summed E-state index contributed by atoms with van der Waals surface area (Å²) in [6, 6.07) is 7.32. The predicted octanol–water partition coefficient (Wildman–Crippen LogP) is 3.65. The largest absolute Gasteiger partial charge is 0.478 e. The molecule has 0 aliphatic carbocycles. The molecule has 5 nitrogen and oxygen atoms in total. The molecule has 1 aromatic carbocycles. The summed E-state index contributed by atoms with van der Waals surface area (Å²) in [4.78, 5) is 22.7. The van der Waals surface area contributed by atoms with Crippen LogP contribution in [-0.2, 0) is 0 Å². The van der Waals surface area contributed by atoms with Gasteiger partial charge in [0, 0.05) is 10.2 Å². The van der Waals surface area contributed by atoms with Crippen molar-refractivity contribution in [3.05, 3.63) is 51.3 Å². The molecule has 0 spiro atoms. The summed E-state index contributed by atoms with van der Waals surface area (Å²) in [5.74, 6) is -1.56. The third-order valence-electron chi connectivity index (χ3n) is 2.25. The molecule has 19 heavy (non-hydrogen) atoms. The fourth-order valence-electron chi connectivity index (χ4n) is 1.40. The van der Waals surface area contributed by atoms with Gasteiger partial charge in [-0.1, -0.05) is 0 Å². The lowest BCUT2D eigenvalue weighted by Gasteiger charge is -2.05. The van der Waals surface area contributed by atoms with Crippen LogP contribution < -0.4 is 5.32 Å². The van der Waals surface area contributed by atoms with Crippen LogP contribution in [0.15, 0.2) is 39.2 Å². The number of anilines is 1. The summed E-state index contributed by atoms with van der Waals surface area (Å²) >= 11 is 8.68. The second-order valence-electron chi connectivity index (χ2n) is 3.56. The van der Waals surface area contributed by atoms with Gasteiger partial charge in [-0.25, -0.2) is 4.79 Å². The number of hydrogen-bond acceptors (Lipinski definition) is 3. The van der Waals surface area contributed by atoms with Crippen molar-refractivity contribution in [3.63, 3.8) is 0 Å². The van der Waals surface area contributed by atoms with Crippen LogP contribution in [-0.4, -0.2) is 17.0 Å². The van der Waals surface area contributed by atoms with E-state index in [9.17, 15) is 9.59 Å². The van der Waals surface area contributed by atoms with E-state index in [2.05, 4.69) is 21.2 Å². The molecular formula is C12H7BrClNO4. The van der Waals surface area contributed by atoms with Gasteiger partial charge in [0.1, 0.15) is 0 Å². The highest BCUT2D eigenvalue weighted by Gasteiger charge is 2.13. The van der Waals surface area contributed by atoms with Gasteiger partial charge in [-0.05, 0) is 57.9 Å². The van der Waals surface area contributed by atoms with E-state index in [0.717, 1.165) is 0 Å². The van der Waals surface area contributed by atoms with Gasteiger partial charge >= 0.3 is 5.97 Å². The average molecular weight is 345 g/mol. The number of aromatic carboxylic acids is 1. The van der Waals surface area contributed by atoms with Crippen molar-refractivity contribution in [2.75, 3.05) is 5.32 Å². The standard InChI is InChI=1S/C12H7BrClNO4/c13-8-2-1-6(5-7(8)12(17)18)15-11(16)9-3-4-10(14)19-9/h1-5H,(H,15,16)(H,17,18). The van der Waals surface area contributed by atoms with Crippen LogP contribution in [0.25, 0.3) is 0 Å². The molecule has 98 valence electrons. The molecule has 0 atom stereocenters. The maximum atomic E-state index is 11.8. The van der Waals surface area contributed by atoms with Crippen LogP contribution in [0.3, 0.4) is 0 Å². The number of carboxylic acid groups (broad SMARTS) is 1. The van der Waals surface area contributed by atoms with E-state index in [-0.39, 0.29) is 16.5 Å². The maximum absolute atomic E-state index is 11.8. The third kappa shape index (κ3) is 3.15. The number of rotatable bonds is 3. The predicted molar refractivity (Wildman–Crippen MR) is 72.8 cm³/mol. The van der Waals surface area contributed by atoms with E-state index >= 15 is 0 Å². The Morgan fingerprint density at radius 1 is 1.26 bits per heavy atom. The molecule has 0 aliphatic heterocycles. The van der Waals surface area contributed by atoms with Gasteiger partial charge < -0.3 is 14.8 Å². The Hall–Kier alpha value is -1.79. The van der Waals surface area contributed by atoms with Gasteiger partial charge in [0.25, 0.3) is 5.91 Å². The maximum Gasteiger partial charge on any atom is 0.336 e. The van der Waals surface area contributed by atoms with Crippen molar-refractivity contribution in [2.45, 2.75) is 0 Å². The highest BCUT2D eigenvalue weighted by molar-refractivity contribution is 9.10. The summed E-state index contributed by atoms with van der Waals surface area (Å²) in [6.45, 7) is 0. The van der Waals surface area contributed by atoms with E-state index in [1.807, 2.05) is 0 Å². The lowest BCUT2D eigenvalue weighted by molar-refractivity contribution is 0.0695. The number of carbonyl (C=O) groups excluding carboxylic acids is 1. The Balaban J connectivity index is 2.22. The number of amides is 1. The summed E-state index contributed by atoms with van der Waals surface area (Å²) in [6.07, 6.45) is 0. The molecule has 2 N–H and O–H groups in total. The third-order valence-corrected chi connectivity index (χ3v) is 3.15. The van der Waals surface area contributed by atoms with Crippen LogP contribution in [0, 0.1) is 0 Å². The number of carboxylic acids is 1. The zero-order valence-corrected chi connectivity index (χ0v) is 11.7. The first-order valence-corrected chi connectivity index (χ1v) is 6.24. The Bertz CT molecular complexity index is 653. The second-order valence-corrected chi connectivity index (χ2v) is 4.78. The van der Waals surface area contributed by atoms with E-state index in [4.69, 9.17) is 21.1 Å². The Morgan fingerprint density at radius 2 is 2.00 bits per heavy atom. The van der Waals surface area contributed by atoms with Crippen molar-refractivity contribution < 1.29 is 19.1 Å². The number of carbonyl (C=O) groups is 2. The highest BCUT2D eigenvalue weighted by Crippen LogP contribution is 2.22. The van der Waals surface area contributed by atoms with Gasteiger partial charge in [0.05, 0.1) is 5.56 Å². The SMILES string of the molecule is O=C(Nc1ccc(Br)c(C(=O)O)c1)c1ccc(Cl)o1. The summed E-state index contributed by atoms with van der Waals surface area (Å²) in [7, 11) is 0. The number of halogens is 2. The van der Waals surface area contributed by atoms with Crippen molar-refractivity contribution in [1.82, 2.24) is 0 Å². The monoisotopic (exact) mass is 343 g/mol. The fourth-order valence-corrected chi connectivity index (χ4v) is 1.96. The molecule has 2 aromatic rings. The molecule has 0 bridgehead atoms. The van der Waals surface area contributed by atoms with Crippen LogP contribution in [0.4, 0.5) is 5.69 Å². The van der Waals surface area contributed by atoms with Crippen LogP contribution in [0.2, 0.25) is 5.22 Å². The lowest BCUT2D eigenvalue weighted by Crippen LogP contribution is -2.11. The molecular weight excluding hydrogens is 337 g/mol. The second kappa shape index (κ2) is 5.46. The lowest BCUT2D eigenvalue weighted by atomic mass is 10.2.